The Bertz CT molecular complexity index is 932. The number of benzene rings is 2. The summed E-state index contributed by atoms with van der Waals surface area (Å²) in [7, 11) is 1.64. The molecular formula is C21H21N3O3. The average Bonchev–Trinajstić information content (AvgIpc) is 3.31. The largest absolute Gasteiger partial charge is 0.497 e. The minimum absolute atomic E-state index is 0.103. The molecule has 1 amide bonds. The number of amides is 1. The van der Waals surface area contributed by atoms with E-state index in [1.807, 2.05) is 60.4 Å². The number of aromatic nitrogens is 2. The molecule has 1 aliphatic rings. The van der Waals surface area contributed by atoms with E-state index in [9.17, 15) is 4.79 Å². The van der Waals surface area contributed by atoms with Gasteiger partial charge in [0, 0.05) is 18.5 Å². The summed E-state index contributed by atoms with van der Waals surface area (Å²) in [4.78, 5) is 18.8. The lowest BCUT2D eigenvalue weighted by Gasteiger charge is -2.22. The molecule has 4 rings (SSSR count). The van der Waals surface area contributed by atoms with Gasteiger partial charge in [-0.15, -0.1) is 0 Å². The van der Waals surface area contributed by atoms with Crippen LogP contribution in [0.3, 0.4) is 0 Å². The molecule has 1 fully saturated rings. The van der Waals surface area contributed by atoms with E-state index >= 15 is 0 Å². The van der Waals surface area contributed by atoms with Crippen LogP contribution in [-0.2, 0) is 11.3 Å². The molecule has 0 saturated carbocycles. The third-order valence-corrected chi connectivity index (χ3v) is 4.88. The van der Waals surface area contributed by atoms with Crippen molar-refractivity contribution in [2.75, 3.05) is 7.11 Å². The SMILES string of the molecule is COc1ccc(CN2C(=O)CCC2c2nc(-c3ccc(C)cc3)no2)cc1. The highest BCUT2D eigenvalue weighted by Gasteiger charge is 2.36. The summed E-state index contributed by atoms with van der Waals surface area (Å²) in [5.41, 5.74) is 3.12. The highest BCUT2D eigenvalue weighted by molar-refractivity contribution is 5.78. The molecular weight excluding hydrogens is 342 g/mol. The quantitative estimate of drug-likeness (QED) is 0.687. The highest BCUT2D eigenvalue weighted by Crippen LogP contribution is 2.34. The molecule has 0 N–H and O–H groups in total. The van der Waals surface area contributed by atoms with Crippen molar-refractivity contribution in [1.82, 2.24) is 15.0 Å². The summed E-state index contributed by atoms with van der Waals surface area (Å²) in [6.45, 7) is 2.54. The summed E-state index contributed by atoms with van der Waals surface area (Å²) < 4.78 is 10.7. The van der Waals surface area contributed by atoms with E-state index in [2.05, 4.69) is 10.1 Å². The van der Waals surface area contributed by atoms with Crippen molar-refractivity contribution in [2.45, 2.75) is 32.4 Å². The van der Waals surface area contributed by atoms with Gasteiger partial charge in [0.2, 0.25) is 17.6 Å². The molecule has 1 atom stereocenters. The summed E-state index contributed by atoms with van der Waals surface area (Å²) >= 11 is 0. The predicted molar refractivity (Wildman–Crippen MR) is 100.0 cm³/mol. The second-order valence-electron chi connectivity index (χ2n) is 6.75. The minimum atomic E-state index is -0.189. The Morgan fingerprint density at radius 2 is 1.89 bits per heavy atom. The van der Waals surface area contributed by atoms with Gasteiger partial charge < -0.3 is 14.2 Å². The first kappa shape index (κ1) is 17.3. The maximum absolute atomic E-state index is 12.4. The second kappa shape index (κ2) is 7.23. The predicted octanol–water partition coefficient (Wildman–Crippen LogP) is 3.92. The molecule has 3 aromatic rings. The van der Waals surface area contributed by atoms with Gasteiger partial charge >= 0.3 is 0 Å². The van der Waals surface area contributed by atoms with E-state index in [-0.39, 0.29) is 11.9 Å². The molecule has 1 unspecified atom stereocenters. The van der Waals surface area contributed by atoms with Crippen molar-refractivity contribution in [2.24, 2.45) is 0 Å². The van der Waals surface area contributed by atoms with Crippen LogP contribution in [0, 0.1) is 6.92 Å². The third kappa shape index (κ3) is 3.56. The van der Waals surface area contributed by atoms with Gasteiger partial charge in [0.15, 0.2) is 0 Å². The zero-order valence-corrected chi connectivity index (χ0v) is 15.4. The second-order valence-corrected chi connectivity index (χ2v) is 6.75. The van der Waals surface area contributed by atoms with Crippen LogP contribution in [0.5, 0.6) is 5.75 Å². The lowest BCUT2D eigenvalue weighted by Crippen LogP contribution is -2.27. The van der Waals surface area contributed by atoms with Crippen molar-refractivity contribution in [3.05, 3.63) is 65.5 Å². The maximum Gasteiger partial charge on any atom is 0.249 e. The number of carbonyl (C=O) groups excluding carboxylic acids is 1. The van der Waals surface area contributed by atoms with Crippen LogP contribution in [0.2, 0.25) is 0 Å². The van der Waals surface area contributed by atoms with Crippen molar-refractivity contribution in [3.63, 3.8) is 0 Å². The van der Waals surface area contributed by atoms with E-state index in [1.165, 1.54) is 5.56 Å². The molecule has 0 bridgehead atoms. The van der Waals surface area contributed by atoms with E-state index in [0.717, 1.165) is 16.9 Å². The van der Waals surface area contributed by atoms with Gasteiger partial charge in [-0.3, -0.25) is 4.79 Å². The van der Waals surface area contributed by atoms with E-state index in [4.69, 9.17) is 9.26 Å². The van der Waals surface area contributed by atoms with E-state index in [1.54, 1.807) is 7.11 Å². The lowest BCUT2D eigenvalue weighted by molar-refractivity contribution is -0.129. The van der Waals surface area contributed by atoms with Crippen molar-refractivity contribution in [1.29, 1.82) is 0 Å². The van der Waals surface area contributed by atoms with Gasteiger partial charge in [-0.1, -0.05) is 47.1 Å². The van der Waals surface area contributed by atoms with Crippen LogP contribution >= 0.6 is 0 Å². The fourth-order valence-corrected chi connectivity index (χ4v) is 3.31. The molecule has 6 nitrogen and oxygen atoms in total. The Morgan fingerprint density at radius 1 is 1.15 bits per heavy atom. The van der Waals surface area contributed by atoms with Gasteiger partial charge in [0.25, 0.3) is 0 Å². The Balaban J connectivity index is 1.55. The molecule has 1 aliphatic heterocycles. The third-order valence-electron chi connectivity index (χ3n) is 4.88. The zero-order chi connectivity index (χ0) is 18.8. The minimum Gasteiger partial charge on any atom is -0.497 e. The van der Waals surface area contributed by atoms with Crippen molar-refractivity contribution >= 4 is 5.91 Å². The maximum atomic E-state index is 12.4. The van der Waals surface area contributed by atoms with Crippen molar-refractivity contribution < 1.29 is 14.1 Å². The number of nitrogens with zero attached hydrogens (tertiary/aromatic N) is 3. The van der Waals surface area contributed by atoms with E-state index in [0.29, 0.717) is 31.1 Å². The number of hydrogen-bond donors (Lipinski definition) is 0. The first-order valence-corrected chi connectivity index (χ1v) is 8.97. The molecule has 2 aromatic carbocycles. The van der Waals surface area contributed by atoms with Gasteiger partial charge in [0.05, 0.1) is 7.11 Å². The monoisotopic (exact) mass is 363 g/mol. The summed E-state index contributed by atoms with van der Waals surface area (Å²) in [5.74, 6) is 1.94. The average molecular weight is 363 g/mol. The molecule has 0 aliphatic carbocycles. The molecule has 1 saturated heterocycles. The fraction of sp³-hybridized carbons (Fsp3) is 0.286. The number of carbonyl (C=O) groups is 1. The van der Waals surface area contributed by atoms with Gasteiger partial charge in [-0.25, -0.2) is 0 Å². The first-order valence-electron chi connectivity index (χ1n) is 8.97. The van der Waals surface area contributed by atoms with Crippen LogP contribution in [0.4, 0.5) is 0 Å². The molecule has 1 aromatic heterocycles. The number of ether oxygens (including phenoxy) is 1. The lowest BCUT2D eigenvalue weighted by atomic mass is 10.1. The Labute approximate surface area is 157 Å². The number of methoxy groups -OCH3 is 1. The molecule has 0 spiro atoms. The summed E-state index contributed by atoms with van der Waals surface area (Å²) in [6, 6.07) is 15.5. The van der Waals surface area contributed by atoms with Crippen molar-refractivity contribution in [3.8, 4) is 17.1 Å². The molecule has 6 heteroatoms. The summed E-state index contributed by atoms with van der Waals surface area (Å²) in [5, 5.41) is 4.11. The zero-order valence-electron chi connectivity index (χ0n) is 15.4. The Hall–Kier alpha value is -3.15. The number of rotatable bonds is 5. The number of likely N-dealkylation sites (tertiary alicyclic amines) is 1. The smallest absolute Gasteiger partial charge is 0.249 e. The Morgan fingerprint density at radius 3 is 2.59 bits per heavy atom. The van der Waals surface area contributed by atoms with Crippen LogP contribution in [0.15, 0.2) is 53.1 Å². The molecule has 27 heavy (non-hydrogen) atoms. The number of hydrogen-bond acceptors (Lipinski definition) is 5. The van der Waals surface area contributed by atoms with Crippen LogP contribution in [-0.4, -0.2) is 28.1 Å². The fourth-order valence-electron chi connectivity index (χ4n) is 3.31. The first-order chi connectivity index (χ1) is 13.1. The van der Waals surface area contributed by atoms with Gasteiger partial charge in [0.1, 0.15) is 11.8 Å². The van der Waals surface area contributed by atoms with Crippen LogP contribution in [0.1, 0.15) is 35.9 Å². The molecule has 138 valence electrons. The van der Waals surface area contributed by atoms with Gasteiger partial charge in [-0.2, -0.15) is 4.98 Å². The number of aryl methyl sites for hydroxylation is 1. The molecule has 0 radical (unpaired) electrons. The van der Waals surface area contributed by atoms with Crippen LogP contribution < -0.4 is 4.74 Å². The van der Waals surface area contributed by atoms with Crippen LogP contribution in [0.25, 0.3) is 11.4 Å². The highest BCUT2D eigenvalue weighted by atomic mass is 16.5. The standard InChI is InChI=1S/C21H21N3O3/c1-14-3-7-16(8-4-14)20-22-21(27-23-20)18-11-12-19(25)24(18)13-15-5-9-17(26-2)10-6-15/h3-10,18H,11-13H2,1-2H3. The molecule has 2 heterocycles. The normalized spacial score (nSPS) is 16.7. The Kier molecular flexibility index (Phi) is 4.62. The van der Waals surface area contributed by atoms with E-state index < -0.39 is 0 Å². The topological polar surface area (TPSA) is 68.5 Å². The summed E-state index contributed by atoms with van der Waals surface area (Å²) in [6.07, 6.45) is 1.17. The van der Waals surface area contributed by atoms with Gasteiger partial charge in [-0.05, 0) is 31.0 Å².